The lowest BCUT2D eigenvalue weighted by Gasteiger charge is -2.41. The van der Waals surface area contributed by atoms with E-state index in [4.69, 9.17) is 0 Å². The summed E-state index contributed by atoms with van der Waals surface area (Å²) in [6.07, 6.45) is 5.03. The van der Waals surface area contributed by atoms with Gasteiger partial charge in [-0.05, 0) is 26.8 Å². The molecule has 1 unspecified atom stereocenters. The van der Waals surface area contributed by atoms with Crippen molar-refractivity contribution in [1.82, 2.24) is 15.1 Å². The molecule has 98 valence electrons. The van der Waals surface area contributed by atoms with E-state index in [0.717, 1.165) is 26.2 Å². The van der Waals surface area contributed by atoms with Gasteiger partial charge in [0.2, 0.25) is 5.91 Å². The molecule has 2 rings (SSSR count). The summed E-state index contributed by atoms with van der Waals surface area (Å²) < 4.78 is 0. The summed E-state index contributed by atoms with van der Waals surface area (Å²) in [5, 5.41) is 3.15. The van der Waals surface area contributed by atoms with Gasteiger partial charge in [-0.2, -0.15) is 0 Å². The summed E-state index contributed by atoms with van der Waals surface area (Å²) in [6.45, 7) is 5.95. The van der Waals surface area contributed by atoms with Crippen molar-refractivity contribution >= 4 is 5.91 Å². The average molecular weight is 239 g/mol. The highest BCUT2D eigenvalue weighted by Crippen LogP contribution is 2.26. The maximum atomic E-state index is 12.3. The van der Waals surface area contributed by atoms with Crippen molar-refractivity contribution in [2.75, 3.05) is 33.2 Å². The summed E-state index contributed by atoms with van der Waals surface area (Å²) in [4.78, 5) is 16.8. The molecule has 1 aliphatic carbocycles. The Bertz CT molecular complexity index is 263. The van der Waals surface area contributed by atoms with E-state index in [1.54, 1.807) is 0 Å². The van der Waals surface area contributed by atoms with Gasteiger partial charge in [0, 0.05) is 32.2 Å². The Kier molecular flexibility index (Phi) is 4.40. The second-order valence-corrected chi connectivity index (χ2v) is 5.29. The van der Waals surface area contributed by atoms with Gasteiger partial charge < -0.3 is 10.2 Å². The van der Waals surface area contributed by atoms with Crippen LogP contribution in [0.1, 0.15) is 32.6 Å². The van der Waals surface area contributed by atoms with Crippen LogP contribution in [0.3, 0.4) is 0 Å². The van der Waals surface area contributed by atoms with Crippen LogP contribution in [-0.4, -0.2) is 61.0 Å². The average Bonchev–Trinajstić information content (AvgIpc) is 2.85. The number of hydrogen-bond donors (Lipinski definition) is 1. The predicted octanol–water partition coefficient (Wildman–Crippen LogP) is 0.681. The second-order valence-electron chi connectivity index (χ2n) is 5.29. The number of carbonyl (C=O) groups excluding carboxylic acids is 1. The zero-order chi connectivity index (χ0) is 12.3. The van der Waals surface area contributed by atoms with Gasteiger partial charge in [-0.1, -0.05) is 12.8 Å². The van der Waals surface area contributed by atoms with Crippen molar-refractivity contribution in [3.8, 4) is 0 Å². The van der Waals surface area contributed by atoms with Crippen LogP contribution in [0.2, 0.25) is 0 Å². The summed E-state index contributed by atoms with van der Waals surface area (Å²) in [7, 11) is 1.96. The summed E-state index contributed by atoms with van der Waals surface area (Å²) >= 11 is 0. The van der Waals surface area contributed by atoms with Crippen molar-refractivity contribution in [2.24, 2.45) is 0 Å². The lowest BCUT2D eigenvalue weighted by Crippen LogP contribution is -2.58. The molecule has 0 aromatic rings. The van der Waals surface area contributed by atoms with Crippen LogP contribution in [0.25, 0.3) is 0 Å². The quantitative estimate of drug-likeness (QED) is 0.784. The fourth-order valence-corrected chi connectivity index (χ4v) is 3.08. The van der Waals surface area contributed by atoms with Gasteiger partial charge in [0.25, 0.3) is 0 Å². The topological polar surface area (TPSA) is 35.6 Å². The fourth-order valence-electron chi connectivity index (χ4n) is 3.08. The maximum Gasteiger partial charge on any atom is 0.239 e. The number of hydrogen-bond acceptors (Lipinski definition) is 3. The maximum absolute atomic E-state index is 12.3. The number of rotatable bonds is 4. The second kappa shape index (κ2) is 5.83. The predicted molar refractivity (Wildman–Crippen MR) is 68.9 cm³/mol. The van der Waals surface area contributed by atoms with Crippen LogP contribution in [0.5, 0.6) is 0 Å². The molecule has 2 fully saturated rings. The Morgan fingerprint density at radius 2 is 2.00 bits per heavy atom. The van der Waals surface area contributed by atoms with E-state index in [-0.39, 0.29) is 6.04 Å². The van der Waals surface area contributed by atoms with E-state index in [0.29, 0.717) is 11.9 Å². The highest BCUT2D eigenvalue weighted by molar-refractivity contribution is 5.82. The molecular weight excluding hydrogens is 214 g/mol. The van der Waals surface area contributed by atoms with Crippen molar-refractivity contribution in [3.63, 3.8) is 0 Å². The molecule has 1 aliphatic heterocycles. The molecule has 17 heavy (non-hydrogen) atoms. The van der Waals surface area contributed by atoms with E-state index in [9.17, 15) is 4.79 Å². The molecule has 1 amide bonds. The van der Waals surface area contributed by atoms with Crippen LogP contribution in [0.15, 0.2) is 0 Å². The summed E-state index contributed by atoms with van der Waals surface area (Å²) in [5.41, 5.74) is 0. The van der Waals surface area contributed by atoms with Gasteiger partial charge in [-0.3, -0.25) is 9.69 Å². The van der Waals surface area contributed by atoms with E-state index in [1.807, 2.05) is 7.05 Å². The van der Waals surface area contributed by atoms with Crippen LogP contribution in [-0.2, 0) is 4.79 Å². The Morgan fingerprint density at radius 1 is 1.29 bits per heavy atom. The molecule has 0 spiro atoms. The van der Waals surface area contributed by atoms with Crippen LogP contribution >= 0.6 is 0 Å². The Labute approximate surface area is 104 Å². The highest BCUT2D eigenvalue weighted by Gasteiger charge is 2.35. The van der Waals surface area contributed by atoms with E-state index in [2.05, 4.69) is 22.0 Å². The molecule has 4 nitrogen and oxygen atoms in total. The highest BCUT2D eigenvalue weighted by atomic mass is 16.2. The van der Waals surface area contributed by atoms with Crippen molar-refractivity contribution in [2.45, 2.75) is 44.7 Å². The van der Waals surface area contributed by atoms with E-state index in [1.165, 1.54) is 25.7 Å². The molecule has 0 aromatic carbocycles. The van der Waals surface area contributed by atoms with E-state index < -0.39 is 0 Å². The Balaban J connectivity index is 1.91. The SMILES string of the molecule is CNCCN1CCN(C2CCCC2)C(=O)C1C. The molecular formula is C13H25N3O. The first-order valence-electron chi connectivity index (χ1n) is 6.93. The molecule has 1 N–H and O–H groups in total. The summed E-state index contributed by atoms with van der Waals surface area (Å²) in [5.74, 6) is 0.347. The van der Waals surface area contributed by atoms with Gasteiger partial charge in [-0.15, -0.1) is 0 Å². The third-order valence-corrected chi connectivity index (χ3v) is 4.23. The number of piperazine rings is 1. The first-order valence-corrected chi connectivity index (χ1v) is 6.93. The minimum Gasteiger partial charge on any atom is -0.337 e. The first-order chi connectivity index (χ1) is 8.24. The van der Waals surface area contributed by atoms with Gasteiger partial charge in [-0.25, -0.2) is 0 Å². The summed E-state index contributed by atoms with van der Waals surface area (Å²) in [6, 6.07) is 0.606. The zero-order valence-electron chi connectivity index (χ0n) is 11.1. The fraction of sp³-hybridized carbons (Fsp3) is 0.923. The monoisotopic (exact) mass is 239 g/mol. The van der Waals surface area contributed by atoms with Gasteiger partial charge in [0.15, 0.2) is 0 Å². The number of carbonyl (C=O) groups is 1. The van der Waals surface area contributed by atoms with Crippen LogP contribution in [0, 0.1) is 0 Å². The molecule has 1 saturated heterocycles. The Hall–Kier alpha value is -0.610. The normalized spacial score (nSPS) is 28.0. The number of nitrogens with zero attached hydrogens (tertiary/aromatic N) is 2. The van der Waals surface area contributed by atoms with Crippen LogP contribution in [0.4, 0.5) is 0 Å². The van der Waals surface area contributed by atoms with Crippen molar-refractivity contribution in [3.05, 3.63) is 0 Å². The lowest BCUT2D eigenvalue weighted by atomic mass is 10.1. The van der Waals surface area contributed by atoms with Crippen molar-refractivity contribution in [1.29, 1.82) is 0 Å². The first kappa shape index (κ1) is 12.8. The van der Waals surface area contributed by atoms with Gasteiger partial charge in [0.1, 0.15) is 0 Å². The largest absolute Gasteiger partial charge is 0.337 e. The minimum atomic E-state index is 0.0673. The lowest BCUT2D eigenvalue weighted by molar-refractivity contribution is -0.143. The molecule has 0 radical (unpaired) electrons. The molecule has 4 heteroatoms. The molecule has 0 aromatic heterocycles. The number of likely N-dealkylation sites (N-methyl/N-ethyl adjacent to an activating group) is 1. The smallest absolute Gasteiger partial charge is 0.239 e. The number of amides is 1. The Morgan fingerprint density at radius 3 is 2.65 bits per heavy atom. The third kappa shape index (κ3) is 2.80. The third-order valence-electron chi connectivity index (χ3n) is 4.23. The molecule has 1 atom stereocenters. The minimum absolute atomic E-state index is 0.0673. The number of nitrogens with one attached hydrogen (secondary N) is 1. The van der Waals surface area contributed by atoms with E-state index >= 15 is 0 Å². The molecule has 1 heterocycles. The van der Waals surface area contributed by atoms with Crippen molar-refractivity contribution < 1.29 is 4.79 Å². The van der Waals surface area contributed by atoms with Gasteiger partial charge >= 0.3 is 0 Å². The van der Waals surface area contributed by atoms with Gasteiger partial charge in [0.05, 0.1) is 6.04 Å². The molecule has 1 saturated carbocycles. The zero-order valence-corrected chi connectivity index (χ0v) is 11.1. The van der Waals surface area contributed by atoms with Crippen LogP contribution < -0.4 is 5.32 Å². The molecule has 0 bridgehead atoms. The standard InChI is InChI=1S/C13H25N3O/c1-11-13(17)16(12-5-3-4-6-12)10-9-15(11)8-7-14-2/h11-12,14H,3-10H2,1-2H3. The molecule has 2 aliphatic rings.